The Morgan fingerprint density at radius 1 is 0.471 bits per heavy atom. The van der Waals surface area contributed by atoms with Gasteiger partial charge in [0.25, 0.3) is 0 Å². The third-order valence-electron chi connectivity index (χ3n) is 21.8. The number of aromatic amines is 1. The maximum absolute atomic E-state index is 12.0. The van der Waals surface area contributed by atoms with Gasteiger partial charge in [-0.15, -0.1) is 0 Å². The average Bonchev–Trinajstić information content (AvgIpc) is 1.20. The number of aromatic hydroxyl groups is 1. The number of aromatic nitrogens is 2. The first-order valence-corrected chi connectivity index (χ1v) is 40.9. The number of para-hydroxylation sites is 4. The molecule has 5 fully saturated rings. The number of likely N-dealkylation sites (tertiary alicyclic amines) is 3. The van der Waals surface area contributed by atoms with E-state index < -0.39 is 0 Å². The number of aryl methyl sites for hydroxylation is 2. The number of H-pyrrole nitrogens is 1. The van der Waals surface area contributed by atoms with Gasteiger partial charge in [-0.2, -0.15) is 0 Å². The van der Waals surface area contributed by atoms with Gasteiger partial charge in [0.1, 0.15) is 23.5 Å². The number of piperidine rings is 3. The zero-order valence-electron chi connectivity index (χ0n) is 69.2. The van der Waals surface area contributed by atoms with E-state index >= 15 is 0 Å². The number of carbonyl (C=O) groups is 8. The van der Waals surface area contributed by atoms with Gasteiger partial charge < -0.3 is 68.9 Å². The van der Waals surface area contributed by atoms with Gasteiger partial charge in [0, 0.05) is 141 Å². The molecular formula is C96H117N11O12. The third kappa shape index (κ3) is 30.0. The normalized spacial score (nSPS) is 14.8. The number of benzene rings is 9. The molecule has 15 rings (SSSR count). The Labute approximate surface area is 700 Å². The van der Waals surface area contributed by atoms with Crippen LogP contribution in [-0.4, -0.2) is 221 Å². The maximum atomic E-state index is 12.0. The summed E-state index contributed by atoms with van der Waals surface area (Å²) in [5, 5.41) is 11.6. The van der Waals surface area contributed by atoms with Crippen LogP contribution >= 0.6 is 0 Å². The molecule has 0 atom stereocenters. The van der Waals surface area contributed by atoms with Crippen LogP contribution in [0, 0.1) is 6.92 Å². The number of phenols is 1. The molecule has 7 amide bonds. The Balaban J connectivity index is 0.000000170. The second kappa shape index (κ2) is 51.3. The largest absolute Gasteiger partial charge is 0.508 e. The molecule has 5 aliphatic rings. The Morgan fingerprint density at radius 2 is 0.924 bits per heavy atom. The van der Waals surface area contributed by atoms with E-state index in [9.17, 15) is 43.2 Å². The number of methoxy groups -OCH3 is 2. The third-order valence-corrected chi connectivity index (χ3v) is 21.8. The lowest BCUT2D eigenvalue weighted by Gasteiger charge is -2.41. The zero-order chi connectivity index (χ0) is 84.7. The van der Waals surface area contributed by atoms with E-state index in [1.54, 1.807) is 49.3 Å². The highest BCUT2D eigenvalue weighted by atomic mass is 16.5. The molecule has 1 aromatic heterocycles. The number of aldehydes is 1. The summed E-state index contributed by atoms with van der Waals surface area (Å²) in [5.41, 5.74) is 13.1. The molecule has 3 N–H and O–H groups in total. The fraction of sp³-hybridized carbons (Fsp3) is 0.344. The van der Waals surface area contributed by atoms with Crippen molar-refractivity contribution >= 4 is 73.6 Å². The standard InChI is InChI=1S/C18H19NO.C13H15N3O2.C12H16N2O.C12H15NO.C11H14N2O.C11H15NO2.C10H12O2.C9H11NO2/c20-15-19-13-11-18(12-14-19,16-7-3-1-4-8-16)17-9-5-2-6-10-17;17-9-15-7-5-10(6-8-15)16-12-4-2-1-3-11(12)14-13(16)18;1-11-4-2-3-5-12(11)14-8-6-13(10-15)7-9-14;14-10-13-8-6-12(7-9-13)11-4-2-1-3-5-11;14-10-12-6-8-13(9-7-12)11-4-2-1-3-5-11;1-12(9-13)7-6-10-4-3-5-11(8-10)14-2;1-12-10-6-2-4-9(8-10)5-3-7-11;11-7-10-5-4-8-2-1-3-9(12)6-8/h1-10,15H,11-14H2;1-4,9-10H,5-8H2,(H,14,18);2-5,10H,6-9H2,1H3;1-5,10,12H,6-9H2;1-5,10H,6-9H2;3-5,8-9H,6-7H2,1-2H3;2,4,6-8H,3,5H2,1H3;1-3,6-7,12H,4-5H2,(H,10,11). The van der Waals surface area contributed by atoms with E-state index in [1.807, 2.05) is 127 Å². The molecule has 0 saturated carbocycles. The minimum Gasteiger partial charge on any atom is -0.508 e. The number of nitrogens with zero attached hydrogens (tertiary/aromatic N) is 9. The van der Waals surface area contributed by atoms with E-state index in [4.69, 9.17) is 14.6 Å². The van der Waals surface area contributed by atoms with Gasteiger partial charge in [-0.1, -0.05) is 176 Å². The number of nitrogens with one attached hydrogen (secondary N) is 2. The number of ether oxygens (including phenoxy) is 2. The first-order chi connectivity index (χ1) is 58.2. The molecule has 0 radical (unpaired) electrons. The van der Waals surface area contributed by atoms with Gasteiger partial charge in [0.2, 0.25) is 44.9 Å². The summed E-state index contributed by atoms with van der Waals surface area (Å²) < 4.78 is 12.0. The van der Waals surface area contributed by atoms with Gasteiger partial charge in [-0.3, -0.25) is 38.1 Å². The summed E-state index contributed by atoms with van der Waals surface area (Å²) in [6.07, 6.45) is 15.9. The van der Waals surface area contributed by atoms with Gasteiger partial charge in [-0.25, -0.2) is 4.79 Å². The van der Waals surface area contributed by atoms with E-state index in [2.05, 4.69) is 148 Å². The van der Waals surface area contributed by atoms with Crippen molar-refractivity contribution in [2.75, 3.05) is 136 Å². The van der Waals surface area contributed by atoms with E-state index in [0.717, 1.165) is 234 Å². The molecule has 10 aromatic rings. The van der Waals surface area contributed by atoms with Crippen LogP contribution in [0.1, 0.15) is 95.8 Å². The molecule has 119 heavy (non-hydrogen) atoms. The van der Waals surface area contributed by atoms with Crippen molar-refractivity contribution in [1.82, 2.24) is 44.3 Å². The summed E-state index contributed by atoms with van der Waals surface area (Å²) in [5.74, 6) is 2.61. The van der Waals surface area contributed by atoms with Gasteiger partial charge in [0.05, 0.1) is 25.3 Å². The van der Waals surface area contributed by atoms with Crippen LogP contribution in [0.3, 0.4) is 0 Å². The Bertz CT molecular complexity index is 4550. The summed E-state index contributed by atoms with van der Waals surface area (Å²) in [7, 11) is 5.06. The summed E-state index contributed by atoms with van der Waals surface area (Å²) in [6.45, 7) is 15.4. The molecule has 0 unspecified atom stereocenters. The van der Waals surface area contributed by atoms with Crippen molar-refractivity contribution in [3.05, 3.63) is 292 Å². The highest BCUT2D eigenvalue weighted by Gasteiger charge is 2.37. The highest BCUT2D eigenvalue weighted by molar-refractivity contribution is 5.75. The van der Waals surface area contributed by atoms with Gasteiger partial charge in [0.15, 0.2) is 0 Å². The van der Waals surface area contributed by atoms with Crippen LogP contribution in [-0.2, 0) is 63.0 Å². The molecule has 23 heteroatoms. The number of carbonyl (C=O) groups excluding carboxylic acids is 8. The van der Waals surface area contributed by atoms with Crippen molar-refractivity contribution in [2.45, 2.75) is 88.5 Å². The number of phenolic OH excluding ortho intramolecular Hbond substituents is 1. The maximum Gasteiger partial charge on any atom is 0.326 e. The Morgan fingerprint density at radius 3 is 1.43 bits per heavy atom. The first-order valence-electron chi connectivity index (χ1n) is 40.9. The number of hydrogen-bond acceptors (Lipinski definition) is 14. The van der Waals surface area contributed by atoms with E-state index in [-0.39, 0.29) is 22.9 Å². The minimum absolute atomic E-state index is 0.0437. The molecular weight excluding hydrogens is 1500 g/mol. The van der Waals surface area contributed by atoms with Crippen molar-refractivity contribution < 1.29 is 52.9 Å². The number of piperazine rings is 2. The van der Waals surface area contributed by atoms with Gasteiger partial charge in [-0.05, 0) is 176 Å². The topological polar surface area (TPSA) is 251 Å². The predicted molar refractivity (Wildman–Crippen MR) is 471 cm³/mol. The second-order valence-corrected chi connectivity index (χ2v) is 29.6. The fourth-order valence-corrected chi connectivity index (χ4v) is 15.0. The molecule has 0 aliphatic carbocycles. The van der Waals surface area contributed by atoms with Crippen molar-refractivity contribution in [2.24, 2.45) is 0 Å². The summed E-state index contributed by atoms with van der Waals surface area (Å²) in [4.78, 5) is 114. The first kappa shape index (κ1) is 91.7. The van der Waals surface area contributed by atoms with Crippen LogP contribution in [0.15, 0.2) is 247 Å². The average molecular weight is 1620 g/mol. The van der Waals surface area contributed by atoms with Crippen LogP contribution in [0.4, 0.5) is 11.4 Å². The number of rotatable bonds is 24. The minimum atomic E-state index is -0.0549. The smallest absolute Gasteiger partial charge is 0.326 e. The van der Waals surface area contributed by atoms with Gasteiger partial charge >= 0.3 is 5.69 Å². The molecule has 628 valence electrons. The predicted octanol–water partition coefficient (Wildman–Crippen LogP) is 12.4. The molecule has 5 saturated heterocycles. The number of fused-ring (bicyclic) bond motifs is 1. The molecule has 0 spiro atoms. The zero-order valence-corrected chi connectivity index (χ0v) is 69.2. The highest BCUT2D eigenvalue weighted by Crippen LogP contribution is 2.41. The number of hydrogen-bond donors (Lipinski definition) is 3. The summed E-state index contributed by atoms with van der Waals surface area (Å²) >= 11 is 0. The number of likely N-dealkylation sites (N-methyl/N-ethyl adjacent to an activating group) is 1. The Hall–Kier alpha value is -12.8. The van der Waals surface area contributed by atoms with E-state index in [0.29, 0.717) is 25.3 Å². The van der Waals surface area contributed by atoms with Crippen LogP contribution in [0.5, 0.6) is 17.2 Å². The molecule has 23 nitrogen and oxygen atoms in total. The fourth-order valence-electron chi connectivity index (χ4n) is 15.0. The lowest BCUT2D eigenvalue weighted by Crippen LogP contribution is -2.45. The number of anilines is 2. The molecule has 0 bridgehead atoms. The summed E-state index contributed by atoms with van der Waals surface area (Å²) in [6, 6.07) is 81.2. The molecule has 5 aliphatic heterocycles. The second-order valence-electron chi connectivity index (χ2n) is 29.6. The Kier molecular flexibility index (Phi) is 39.6. The van der Waals surface area contributed by atoms with E-state index in [1.165, 1.54) is 39.2 Å². The van der Waals surface area contributed by atoms with Crippen LogP contribution < -0.4 is 30.3 Å². The van der Waals surface area contributed by atoms with Crippen molar-refractivity contribution in [3.8, 4) is 17.2 Å². The number of imidazole rings is 1. The molecule has 9 aromatic carbocycles. The lowest BCUT2D eigenvalue weighted by atomic mass is 9.68. The van der Waals surface area contributed by atoms with Crippen molar-refractivity contribution in [1.29, 1.82) is 0 Å². The molecule has 6 heterocycles. The van der Waals surface area contributed by atoms with Crippen LogP contribution in [0.2, 0.25) is 0 Å². The monoisotopic (exact) mass is 1620 g/mol. The quantitative estimate of drug-likeness (QED) is 0.0376. The van der Waals surface area contributed by atoms with Crippen molar-refractivity contribution in [3.63, 3.8) is 0 Å². The lowest BCUT2D eigenvalue weighted by molar-refractivity contribution is -0.120. The SMILES string of the molecule is COc1cccc(CCC=O)c1.COc1cccc(CCN(C)C=O)c1.Cc1ccccc1N1CCN(C=O)CC1.O=CN1CCC(c2ccccc2)(c2ccccc2)CC1.O=CN1CCC(c2ccccc2)CC1.O=CN1CCC(n2c(=O)[nH]c3ccccc32)CC1.O=CN1CCN(c2ccccc2)CC1.O=CNCCc1cccc(O)c1. The van der Waals surface area contributed by atoms with Crippen LogP contribution in [0.25, 0.3) is 11.0 Å². The number of amides is 7.